The van der Waals surface area contributed by atoms with E-state index in [4.69, 9.17) is 4.74 Å². The molecule has 4 aromatic rings. The molecule has 1 aliphatic carbocycles. The summed E-state index contributed by atoms with van der Waals surface area (Å²) in [6.45, 7) is 2.16. The van der Waals surface area contributed by atoms with Crippen LogP contribution in [-0.2, 0) is 0 Å². The van der Waals surface area contributed by atoms with E-state index in [0.717, 1.165) is 17.9 Å². The van der Waals surface area contributed by atoms with Crippen LogP contribution in [0.4, 0.5) is 0 Å². The zero-order valence-electron chi connectivity index (χ0n) is 15.1. The standard InChI is InChI=1S/C25H19NO/c1-16-10-12-23-20(14-16)18-6-2-4-8-22(18)26(23)17-11-13-25-21(15-17)19-7-3-5-9-24(19)27-25/h2-14,21H,15H2,1H3. The molecule has 0 saturated carbocycles. The third kappa shape index (κ3) is 2.07. The van der Waals surface area contributed by atoms with Crippen molar-refractivity contribution in [3.63, 3.8) is 0 Å². The van der Waals surface area contributed by atoms with Crippen molar-refractivity contribution in [3.8, 4) is 5.75 Å². The molecule has 1 aliphatic heterocycles. The molecule has 0 radical (unpaired) electrons. The van der Waals surface area contributed by atoms with Gasteiger partial charge in [0.1, 0.15) is 11.5 Å². The van der Waals surface area contributed by atoms with Crippen LogP contribution in [0.1, 0.15) is 23.5 Å². The molecule has 0 amide bonds. The van der Waals surface area contributed by atoms with E-state index < -0.39 is 0 Å². The van der Waals surface area contributed by atoms with Crippen LogP contribution >= 0.6 is 0 Å². The minimum Gasteiger partial charge on any atom is -0.461 e. The first-order valence-electron chi connectivity index (χ1n) is 9.47. The Balaban J connectivity index is 1.57. The van der Waals surface area contributed by atoms with Gasteiger partial charge in [-0.05, 0) is 43.3 Å². The number of allylic oxidation sites excluding steroid dienone is 4. The van der Waals surface area contributed by atoms with Crippen LogP contribution in [-0.4, -0.2) is 4.57 Å². The Bertz CT molecular complexity index is 1290. The molecule has 1 atom stereocenters. The fourth-order valence-corrected chi connectivity index (χ4v) is 4.59. The lowest BCUT2D eigenvalue weighted by atomic mass is 9.90. The van der Waals surface area contributed by atoms with Crippen molar-refractivity contribution in [1.82, 2.24) is 4.57 Å². The second-order valence-corrected chi connectivity index (χ2v) is 7.50. The highest BCUT2D eigenvalue weighted by Crippen LogP contribution is 2.47. The molecule has 0 spiro atoms. The molecule has 2 heterocycles. The second kappa shape index (κ2) is 5.37. The Morgan fingerprint density at radius 3 is 2.63 bits per heavy atom. The van der Waals surface area contributed by atoms with E-state index in [9.17, 15) is 0 Å². The number of aromatic nitrogens is 1. The Labute approximate surface area is 158 Å². The van der Waals surface area contributed by atoms with Crippen molar-refractivity contribution in [2.45, 2.75) is 19.3 Å². The maximum atomic E-state index is 6.07. The van der Waals surface area contributed by atoms with Gasteiger partial charge in [-0.3, -0.25) is 0 Å². The van der Waals surface area contributed by atoms with E-state index in [2.05, 4.69) is 84.3 Å². The molecular formula is C25H19NO. The summed E-state index contributed by atoms with van der Waals surface area (Å²) in [5, 5.41) is 2.64. The van der Waals surface area contributed by atoms with Crippen molar-refractivity contribution in [1.29, 1.82) is 0 Å². The van der Waals surface area contributed by atoms with Gasteiger partial charge in [0.05, 0.1) is 17.0 Å². The molecule has 0 bridgehead atoms. The summed E-state index contributed by atoms with van der Waals surface area (Å²) in [5.74, 6) is 2.38. The third-order valence-corrected chi connectivity index (χ3v) is 5.83. The number of hydrogen-bond donors (Lipinski definition) is 0. The van der Waals surface area contributed by atoms with Crippen molar-refractivity contribution in [3.05, 3.63) is 95.8 Å². The molecule has 27 heavy (non-hydrogen) atoms. The molecule has 0 fully saturated rings. The van der Waals surface area contributed by atoms with Crippen LogP contribution in [0.25, 0.3) is 27.5 Å². The molecule has 2 aliphatic rings. The lowest BCUT2D eigenvalue weighted by Gasteiger charge is -2.20. The van der Waals surface area contributed by atoms with Crippen molar-refractivity contribution < 1.29 is 4.74 Å². The van der Waals surface area contributed by atoms with E-state index >= 15 is 0 Å². The van der Waals surface area contributed by atoms with E-state index in [-0.39, 0.29) is 0 Å². The topological polar surface area (TPSA) is 14.2 Å². The predicted octanol–water partition coefficient (Wildman–Crippen LogP) is 6.41. The second-order valence-electron chi connectivity index (χ2n) is 7.50. The summed E-state index contributed by atoms with van der Waals surface area (Å²) in [5.41, 5.74) is 6.46. The lowest BCUT2D eigenvalue weighted by molar-refractivity contribution is 0.425. The summed E-state index contributed by atoms with van der Waals surface area (Å²) >= 11 is 0. The highest BCUT2D eigenvalue weighted by molar-refractivity contribution is 6.10. The van der Waals surface area contributed by atoms with Gasteiger partial charge in [0, 0.05) is 28.5 Å². The quantitative estimate of drug-likeness (QED) is 0.387. The Morgan fingerprint density at radius 2 is 1.67 bits per heavy atom. The first-order valence-corrected chi connectivity index (χ1v) is 9.47. The number of nitrogens with zero attached hydrogens (tertiary/aromatic N) is 1. The number of aryl methyl sites for hydroxylation is 1. The summed E-state index contributed by atoms with van der Waals surface area (Å²) in [6, 6.07) is 23.9. The molecule has 1 aromatic heterocycles. The monoisotopic (exact) mass is 349 g/mol. The number of ether oxygens (including phenoxy) is 1. The highest BCUT2D eigenvalue weighted by atomic mass is 16.5. The largest absolute Gasteiger partial charge is 0.461 e. The summed E-state index contributed by atoms with van der Waals surface area (Å²) in [6.07, 6.45) is 5.33. The predicted molar refractivity (Wildman–Crippen MR) is 111 cm³/mol. The Kier molecular flexibility index (Phi) is 2.96. The van der Waals surface area contributed by atoms with Gasteiger partial charge in [-0.25, -0.2) is 0 Å². The third-order valence-electron chi connectivity index (χ3n) is 5.83. The maximum Gasteiger partial charge on any atom is 0.130 e. The van der Waals surface area contributed by atoms with E-state index in [1.54, 1.807) is 0 Å². The molecule has 130 valence electrons. The number of benzene rings is 3. The molecule has 0 saturated heterocycles. The highest BCUT2D eigenvalue weighted by Gasteiger charge is 2.32. The van der Waals surface area contributed by atoms with Gasteiger partial charge in [0.2, 0.25) is 0 Å². The van der Waals surface area contributed by atoms with Crippen LogP contribution < -0.4 is 4.74 Å². The number of hydrogen-bond acceptors (Lipinski definition) is 1. The average Bonchev–Trinajstić information content (AvgIpc) is 3.23. The van der Waals surface area contributed by atoms with Gasteiger partial charge in [0.25, 0.3) is 0 Å². The first kappa shape index (κ1) is 14.9. The van der Waals surface area contributed by atoms with Gasteiger partial charge in [-0.2, -0.15) is 0 Å². The molecule has 3 aromatic carbocycles. The number of fused-ring (bicyclic) bond motifs is 6. The molecule has 2 heteroatoms. The molecule has 2 nitrogen and oxygen atoms in total. The lowest BCUT2D eigenvalue weighted by Crippen LogP contribution is -2.08. The SMILES string of the molecule is Cc1ccc2c(c1)c1ccccc1n2C1=CC=C2Oc3ccccc3C2C1. The molecule has 6 rings (SSSR count). The number of rotatable bonds is 1. The molecule has 0 N–H and O–H groups in total. The molecule has 1 unspecified atom stereocenters. The van der Waals surface area contributed by atoms with Crippen molar-refractivity contribution >= 4 is 27.5 Å². The van der Waals surface area contributed by atoms with Crippen LogP contribution in [0.5, 0.6) is 5.75 Å². The zero-order valence-corrected chi connectivity index (χ0v) is 15.1. The molecular weight excluding hydrogens is 330 g/mol. The Morgan fingerprint density at radius 1 is 0.852 bits per heavy atom. The van der Waals surface area contributed by atoms with Gasteiger partial charge < -0.3 is 9.30 Å². The van der Waals surface area contributed by atoms with Gasteiger partial charge in [-0.1, -0.05) is 48.0 Å². The minimum absolute atomic E-state index is 0.308. The van der Waals surface area contributed by atoms with Crippen LogP contribution in [0, 0.1) is 6.92 Å². The van der Waals surface area contributed by atoms with Crippen LogP contribution in [0.15, 0.2) is 84.6 Å². The summed E-state index contributed by atoms with van der Waals surface area (Å²) < 4.78 is 8.50. The summed E-state index contributed by atoms with van der Waals surface area (Å²) in [7, 11) is 0. The van der Waals surface area contributed by atoms with Crippen LogP contribution in [0.2, 0.25) is 0 Å². The first-order chi connectivity index (χ1) is 13.3. The zero-order chi connectivity index (χ0) is 18.0. The van der Waals surface area contributed by atoms with Crippen molar-refractivity contribution in [2.24, 2.45) is 0 Å². The van der Waals surface area contributed by atoms with Gasteiger partial charge in [0.15, 0.2) is 0 Å². The van der Waals surface area contributed by atoms with Crippen LogP contribution in [0.3, 0.4) is 0 Å². The maximum absolute atomic E-state index is 6.07. The fourth-order valence-electron chi connectivity index (χ4n) is 4.59. The normalized spacial score (nSPS) is 18.0. The average molecular weight is 349 g/mol. The van der Waals surface area contributed by atoms with E-state index in [1.165, 1.54) is 38.6 Å². The number of para-hydroxylation sites is 2. The van der Waals surface area contributed by atoms with Gasteiger partial charge in [-0.15, -0.1) is 0 Å². The fraction of sp³-hybridized carbons (Fsp3) is 0.120. The van der Waals surface area contributed by atoms with Gasteiger partial charge >= 0.3 is 0 Å². The van der Waals surface area contributed by atoms with E-state index in [1.807, 2.05) is 6.07 Å². The van der Waals surface area contributed by atoms with Crippen molar-refractivity contribution in [2.75, 3.05) is 0 Å². The Hall–Kier alpha value is -3.26. The minimum atomic E-state index is 0.308. The summed E-state index contributed by atoms with van der Waals surface area (Å²) in [4.78, 5) is 0. The smallest absolute Gasteiger partial charge is 0.130 e. The van der Waals surface area contributed by atoms with E-state index in [0.29, 0.717) is 5.92 Å².